The summed E-state index contributed by atoms with van der Waals surface area (Å²) in [5, 5.41) is 33.3. The smallest absolute Gasteiger partial charge is 0.407 e. The number of alkyl halides is 4. The molecule has 0 saturated heterocycles. The van der Waals surface area contributed by atoms with Crippen LogP contribution in [0.2, 0.25) is 0 Å². The Morgan fingerprint density at radius 3 is 1.33 bits per heavy atom. The van der Waals surface area contributed by atoms with Crippen molar-refractivity contribution < 1.29 is 65.2 Å². The number of aromatic nitrogens is 8. The van der Waals surface area contributed by atoms with Crippen LogP contribution in [0, 0.1) is 11.8 Å². The lowest BCUT2D eigenvalue weighted by molar-refractivity contribution is -0.0590. The summed E-state index contributed by atoms with van der Waals surface area (Å²) < 4.78 is 84.1. The van der Waals surface area contributed by atoms with Crippen molar-refractivity contribution in [1.82, 2.24) is 50.6 Å². The number of carbonyl (C=O) groups excluding carboxylic acids is 4. The highest BCUT2D eigenvalue weighted by Gasteiger charge is 2.59. The highest BCUT2D eigenvalue weighted by molar-refractivity contribution is 6.03. The molecular weight excluding hydrogens is 933 g/mol. The number of nitrogens with zero attached hydrogens (tertiary/aromatic N) is 6. The van der Waals surface area contributed by atoms with Gasteiger partial charge in [-0.3, -0.25) is 29.2 Å². The Hall–Kier alpha value is -6.44. The van der Waals surface area contributed by atoms with Gasteiger partial charge >= 0.3 is 12.2 Å². The Balaban J connectivity index is 0.000000174. The van der Waals surface area contributed by atoms with Crippen LogP contribution in [0.5, 0.6) is 11.8 Å². The first-order chi connectivity index (χ1) is 33.5. The van der Waals surface area contributed by atoms with Crippen LogP contribution in [0.15, 0.2) is 24.3 Å². The van der Waals surface area contributed by atoms with E-state index in [9.17, 15) is 36.7 Å². The first-order valence-electron chi connectivity index (χ1n) is 23.1. The highest BCUT2D eigenvalue weighted by atomic mass is 19.3. The van der Waals surface area contributed by atoms with E-state index in [4.69, 9.17) is 28.4 Å². The topological polar surface area (TPSA) is 265 Å². The van der Waals surface area contributed by atoms with E-state index in [-0.39, 0.29) is 70.5 Å². The van der Waals surface area contributed by atoms with E-state index < -0.39 is 50.1 Å². The van der Waals surface area contributed by atoms with Crippen LogP contribution >= 0.6 is 0 Å². The van der Waals surface area contributed by atoms with Crippen LogP contribution in [0.3, 0.4) is 0 Å². The molecule has 6 N–H and O–H groups in total. The van der Waals surface area contributed by atoms with Gasteiger partial charge in [0, 0.05) is 86.9 Å². The molecule has 0 spiro atoms. The Morgan fingerprint density at radius 2 is 1.00 bits per heavy atom. The Morgan fingerprint density at radius 1 is 0.629 bits per heavy atom. The number of hydrogen-bond acceptors (Lipinski definition) is 14. The zero-order valence-electron chi connectivity index (χ0n) is 38.8. The largest absolute Gasteiger partial charge is 0.471 e. The van der Waals surface area contributed by atoms with Gasteiger partial charge in [0.05, 0.1) is 12.2 Å². The molecular formula is C44H56F4N12O10. The molecule has 6 atom stereocenters. The number of anilines is 2. The summed E-state index contributed by atoms with van der Waals surface area (Å²) >= 11 is 0. The van der Waals surface area contributed by atoms with Gasteiger partial charge in [-0.25, -0.2) is 27.2 Å². The average molecular weight is 989 g/mol. The molecule has 4 aromatic heterocycles. The number of amides is 4. The molecule has 4 aromatic rings. The molecule has 70 heavy (non-hydrogen) atoms. The predicted molar refractivity (Wildman–Crippen MR) is 235 cm³/mol. The molecule has 4 amide bonds. The molecule has 0 aliphatic heterocycles. The van der Waals surface area contributed by atoms with Crippen molar-refractivity contribution in [2.24, 2.45) is 25.9 Å². The number of carbonyl (C=O) groups is 4. The van der Waals surface area contributed by atoms with Gasteiger partial charge in [0.2, 0.25) is 11.8 Å². The van der Waals surface area contributed by atoms with Gasteiger partial charge < -0.3 is 49.7 Å². The highest BCUT2D eigenvalue weighted by Crippen LogP contribution is 2.57. The minimum Gasteiger partial charge on any atom is -0.471 e. The number of halogens is 4. The number of nitrogens with one attached hydrogen (secondary N) is 6. The van der Waals surface area contributed by atoms with Gasteiger partial charge in [-0.2, -0.15) is 10.2 Å². The van der Waals surface area contributed by atoms with Crippen molar-refractivity contribution >= 4 is 35.6 Å². The van der Waals surface area contributed by atoms with Gasteiger partial charge in [0.15, 0.2) is 24.8 Å². The Bertz CT molecular complexity index is 2340. The lowest BCUT2D eigenvalue weighted by Crippen LogP contribution is -2.68. The van der Waals surface area contributed by atoms with Crippen molar-refractivity contribution in [2.45, 2.75) is 124 Å². The number of ether oxygens (including phenoxy) is 6. The number of alkyl carbamates (subject to hydrolysis) is 2. The van der Waals surface area contributed by atoms with E-state index in [2.05, 4.69) is 51.9 Å². The van der Waals surface area contributed by atoms with Crippen LogP contribution in [0.4, 0.5) is 38.8 Å². The van der Waals surface area contributed by atoms with E-state index in [1.165, 1.54) is 35.6 Å². The summed E-state index contributed by atoms with van der Waals surface area (Å²) in [6.07, 6.45) is 1.23. The summed E-state index contributed by atoms with van der Waals surface area (Å²) in [6, 6.07) is 5.99. The molecule has 0 unspecified atom stereocenters. The third kappa shape index (κ3) is 10.7. The Kier molecular flexibility index (Phi) is 13.7. The molecule has 8 saturated carbocycles. The van der Waals surface area contributed by atoms with Crippen LogP contribution < -0.4 is 30.7 Å². The normalized spacial score (nSPS) is 28.8. The van der Waals surface area contributed by atoms with E-state index in [0.29, 0.717) is 37.3 Å². The van der Waals surface area contributed by atoms with Crippen molar-refractivity contribution in [3.05, 3.63) is 47.0 Å². The summed E-state index contributed by atoms with van der Waals surface area (Å²) in [7, 11) is 6.20. The van der Waals surface area contributed by atoms with Crippen LogP contribution in [-0.2, 0) is 33.0 Å². The predicted octanol–water partition coefficient (Wildman–Crippen LogP) is 5.16. The molecule has 8 aliphatic rings. The molecule has 4 heterocycles. The van der Waals surface area contributed by atoms with Crippen LogP contribution in [0.25, 0.3) is 0 Å². The summed E-state index contributed by atoms with van der Waals surface area (Å²) in [6.45, 7) is -1.61. The summed E-state index contributed by atoms with van der Waals surface area (Å²) in [4.78, 5) is 50.0. The molecule has 26 heteroatoms. The SMILES string of the molecule is CO[C@@H]1C[C@H](c2cc(NC(=O)c3cc(OCC(F)F)nn3C)n[nH]2)C[C@@H]1OC(=O)NC12CC(C1)C2.CO[C@H]1C[C@@H](c2cc(NC(=O)c3cc(OCC(F)F)nn3C)n[nH]2)C[C@H]1OC(=O)NC12CC(C1)C2. The molecule has 8 fully saturated rings. The maximum atomic E-state index is 12.6. The minimum absolute atomic E-state index is 0.00287. The molecule has 0 radical (unpaired) electrons. The quantitative estimate of drug-likeness (QED) is 0.0704. The minimum atomic E-state index is -2.64. The second-order valence-electron chi connectivity index (χ2n) is 19.3. The van der Waals surface area contributed by atoms with Gasteiger partial charge in [-0.15, -0.1) is 10.2 Å². The van der Waals surface area contributed by atoms with Crippen molar-refractivity contribution in [3.8, 4) is 11.8 Å². The fourth-order valence-electron chi connectivity index (χ4n) is 10.5. The molecule has 12 rings (SSSR count). The van der Waals surface area contributed by atoms with E-state index in [0.717, 1.165) is 61.7 Å². The fraction of sp³-hybridized carbons (Fsp3) is 0.636. The van der Waals surface area contributed by atoms with E-state index >= 15 is 0 Å². The lowest BCUT2D eigenvalue weighted by Gasteiger charge is -2.61. The molecule has 8 aliphatic carbocycles. The fourth-order valence-corrected chi connectivity index (χ4v) is 10.5. The number of rotatable bonds is 18. The van der Waals surface area contributed by atoms with E-state index in [1.807, 2.05) is 0 Å². The maximum Gasteiger partial charge on any atom is 0.407 e. The average Bonchev–Trinajstić information content (AvgIpc) is 4.13. The van der Waals surface area contributed by atoms with Crippen molar-refractivity contribution in [2.75, 3.05) is 38.1 Å². The number of aromatic amines is 2. The van der Waals surface area contributed by atoms with Gasteiger partial charge in [-0.05, 0) is 76.0 Å². The number of H-pyrrole nitrogens is 2. The second-order valence-corrected chi connectivity index (χ2v) is 19.3. The first-order valence-corrected chi connectivity index (χ1v) is 23.1. The maximum absolute atomic E-state index is 12.6. The lowest BCUT2D eigenvalue weighted by atomic mass is 9.50. The first kappa shape index (κ1) is 48.6. The number of methoxy groups -OCH3 is 2. The standard InChI is InChI=1S/2C22H28F2N6O5/c2*1-30-14(6-19(29-30)34-10-17(23)24)20(31)25-18-5-13(27-28-18)12-3-15(33-2)16(4-12)35-21(32)26-22-7-11(8-22)9-22/h2*5-6,11-12,15-17H,3-4,7-10H2,1-2H3,(H,26,32)(H2,25,27,28,31)/t2*11?,12-,15+,16-,22?/m10/s1. The number of aryl methyl sites for hydroxylation is 2. The zero-order valence-corrected chi connectivity index (χ0v) is 38.8. The zero-order chi connectivity index (χ0) is 49.5. The van der Waals surface area contributed by atoms with Gasteiger partial charge in [0.1, 0.15) is 23.6 Å². The summed E-state index contributed by atoms with van der Waals surface area (Å²) in [5.74, 6) is 0.923. The summed E-state index contributed by atoms with van der Waals surface area (Å²) in [5.41, 5.74) is 1.70. The van der Waals surface area contributed by atoms with Crippen molar-refractivity contribution in [3.63, 3.8) is 0 Å². The van der Waals surface area contributed by atoms with E-state index in [1.54, 1.807) is 26.4 Å². The third-order valence-corrected chi connectivity index (χ3v) is 14.3. The monoisotopic (exact) mass is 988 g/mol. The van der Waals surface area contributed by atoms with Gasteiger partial charge in [0.25, 0.3) is 24.7 Å². The van der Waals surface area contributed by atoms with Crippen molar-refractivity contribution in [1.29, 1.82) is 0 Å². The third-order valence-electron chi connectivity index (χ3n) is 14.3. The van der Waals surface area contributed by atoms with Crippen LogP contribution in [-0.4, -0.2) is 140 Å². The molecule has 22 nitrogen and oxygen atoms in total. The van der Waals surface area contributed by atoms with Crippen LogP contribution in [0.1, 0.15) is 108 Å². The molecule has 0 aromatic carbocycles. The Labute approximate surface area is 397 Å². The molecule has 380 valence electrons. The number of hydrogen-bond donors (Lipinski definition) is 6. The second kappa shape index (κ2) is 19.8. The van der Waals surface area contributed by atoms with Gasteiger partial charge in [-0.1, -0.05) is 0 Å². The molecule has 4 bridgehead atoms.